The van der Waals surface area contributed by atoms with Crippen LogP contribution in [0.25, 0.3) is 0 Å². The molecule has 104 valence electrons. The number of carbonyl (C=O) groups is 2. The van der Waals surface area contributed by atoms with Crippen molar-refractivity contribution in [1.29, 1.82) is 0 Å². The number of anilines is 1. The van der Waals surface area contributed by atoms with E-state index in [0.717, 1.165) is 4.90 Å². The molecule has 0 aliphatic heterocycles. The molecule has 2 N–H and O–H groups in total. The predicted octanol–water partition coefficient (Wildman–Crippen LogP) is 1.07. The molecule has 1 rings (SSSR count). The van der Waals surface area contributed by atoms with Gasteiger partial charge in [0.25, 0.3) is 0 Å². The number of benzene rings is 1. The van der Waals surface area contributed by atoms with Gasteiger partial charge in [0.15, 0.2) is 6.04 Å². The summed E-state index contributed by atoms with van der Waals surface area (Å²) < 4.78 is 17.7. The Kier molecular flexibility index (Phi) is 5.25. The molecule has 6 nitrogen and oxygen atoms in total. The second-order valence-corrected chi connectivity index (χ2v) is 3.83. The molecule has 0 aliphatic rings. The number of urea groups is 1. The number of hydrogen-bond acceptors (Lipinski definition) is 3. The van der Waals surface area contributed by atoms with E-state index in [0.29, 0.717) is 5.69 Å². The van der Waals surface area contributed by atoms with Crippen molar-refractivity contribution in [2.24, 2.45) is 0 Å². The summed E-state index contributed by atoms with van der Waals surface area (Å²) in [6.07, 6.45) is 0. The molecule has 0 bridgehead atoms. The van der Waals surface area contributed by atoms with Gasteiger partial charge in [0, 0.05) is 19.8 Å². The Labute approximate surface area is 109 Å². The van der Waals surface area contributed by atoms with Gasteiger partial charge in [0.1, 0.15) is 5.82 Å². The number of carboxylic acid groups (broad SMARTS) is 1. The van der Waals surface area contributed by atoms with Crippen LogP contribution in [0.2, 0.25) is 0 Å². The number of ether oxygens (including phenoxy) is 1. The third kappa shape index (κ3) is 4.22. The molecule has 0 saturated carbocycles. The fourth-order valence-corrected chi connectivity index (χ4v) is 1.39. The normalized spacial score (nSPS) is 11.7. The van der Waals surface area contributed by atoms with Gasteiger partial charge in [-0.2, -0.15) is 0 Å². The minimum Gasteiger partial charge on any atom is -0.480 e. The van der Waals surface area contributed by atoms with Gasteiger partial charge in [-0.15, -0.1) is 0 Å². The van der Waals surface area contributed by atoms with Crippen molar-refractivity contribution in [3.8, 4) is 0 Å². The second-order valence-electron chi connectivity index (χ2n) is 3.83. The molecule has 0 heterocycles. The highest BCUT2D eigenvalue weighted by atomic mass is 19.1. The van der Waals surface area contributed by atoms with E-state index in [9.17, 15) is 14.0 Å². The van der Waals surface area contributed by atoms with Crippen LogP contribution < -0.4 is 10.2 Å². The molecule has 1 aromatic carbocycles. The van der Waals surface area contributed by atoms with Gasteiger partial charge in [-0.1, -0.05) is 6.07 Å². The van der Waals surface area contributed by atoms with Crippen LogP contribution in [0.15, 0.2) is 24.3 Å². The lowest BCUT2D eigenvalue weighted by atomic mass is 10.3. The molecular formula is C12H15FN2O4. The number of amides is 2. The molecule has 1 aromatic rings. The summed E-state index contributed by atoms with van der Waals surface area (Å²) in [5.74, 6) is -1.69. The third-order valence-electron chi connectivity index (χ3n) is 2.43. The van der Waals surface area contributed by atoms with E-state index in [1.807, 2.05) is 0 Å². The van der Waals surface area contributed by atoms with Gasteiger partial charge in [-0.05, 0) is 18.2 Å². The lowest BCUT2D eigenvalue weighted by Gasteiger charge is -2.21. The number of carbonyl (C=O) groups excluding carboxylic acids is 1. The molecule has 19 heavy (non-hydrogen) atoms. The predicted molar refractivity (Wildman–Crippen MR) is 66.6 cm³/mol. The first kappa shape index (κ1) is 14.9. The Hall–Kier alpha value is -2.15. The van der Waals surface area contributed by atoms with Gasteiger partial charge in [0.05, 0.1) is 6.61 Å². The number of carboxylic acids is 1. The third-order valence-corrected chi connectivity index (χ3v) is 2.43. The number of halogens is 1. The van der Waals surface area contributed by atoms with Crippen LogP contribution in [0.1, 0.15) is 0 Å². The van der Waals surface area contributed by atoms with E-state index >= 15 is 0 Å². The minimum absolute atomic E-state index is 0.155. The first-order valence-electron chi connectivity index (χ1n) is 5.47. The molecule has 0 saturated heterocycles. The zero-order valence-corrected chi connectivity index (χ0v) is 10.6. The fourth-order valence-electron chi connectivity index (χ4n) is 1.39. The molecular weight excluding hydrogens is 255 g/mol. The van der Waals surface area contributed by atoms with Gasteiger partial charge in [-0.3, -0.25) is 4.90 Å². The molecule has 2 amide bonds. The summed E-state index contributed by atoms with van der Waals surface area (Å²) >= 11 is 0. The maximum absolute atomic E-state index is 13.0. The Balaban J connectivity index is 2.74. The average Bonchev–Trinajstić information content (AvgIpc) is 2.37. The molecule has 1 unspecified atom stereocenters. The van der Waals surface area contributed by atoms with Crippen molar-refractivity contribution < 1.29 is 23.8 Å². The molecule has 0 aliphatic carbocycles. The maximum Gasteiger partial charge on any atom is 0.328 e. The molecule has 0 aromatic heterocycles. The standard InChI is InChI=1S/C12H15FN2O4/c1-15(9-5-3-4-8(13)6-9)12(18)14-10(7-19-2)11(16)17/h3-6,10H,7H2,1-2H3,(H,14,18)(H,16,17). The Bertz CT molecular complexity index is 467. The lowest BCUT2D eigenvalue weighted by molar-refractivity contribution is -0.140. The number of nitrogens with one attached hydrogen (secondary N) is 1. The second kappa shape index (κ2) is 6.69. The molecule has 7 heteroatoms. The zero-order chi connectivity index (χ0) is 14.4. The van der Waals surface area contributed by atoms with Crippen LogP contribution in [-0.4, -0.2) is 43.9 Å². The van der Waals surface area contributed by atoms with Crippen LogP contribution in [0.5, 0.6) is 0 Å². The van der Waals surface area contributed by atoms with E-state index in [-0.39, 0.29) is 6.61 Å². The van der Waals surface area contributed by atoms with E-state index in [2.05, 4.69) is 5.32 Å². The first-order chi connectivity index (χ1) is 8.95. The summed E-state index contributed by atoms with van der Waals surface area (Å²) in [5.41, 5.74) is 0.319. The summed E-state index contributed by atoms with van der Waals surface area (Å²) in [7, 11) is 2.74. The molecule has 0 spiro atoms. The minimum atomic E-state index is -1.21. The zero-order valence-electron chi connectivity index (χ0n) is 10.6. The maximum atomic E-state index is 13.0. The smallest absolute Gasteiger partial charge is 0.328 e. The van der Waals surface area contributed by atoms with Gasteiger partial charge < -0.3 is 15.2 Å². The van der Waals surface area contributed by atoms with Crippen molar-refractivity contribution in [2.45, 2.75) is 6.04 Å². The van der Waals surface area contributed by atoms with Crippen molar-refractivity contribution in [3.63, 3.8) is 0 Å². The lowest BCUT2D eigenvalue weighted by Crippen LogP contribution is -2.48. The monoisotopic (exact) mass is 270 g/mol. The van der Waals surface area contributed by atoms with Gasteiger partial charge in [0.2, 0.25) is 0 Å². The average molecular weight is 270 g/mol. The topological polar surface area (TPSA) is 78.9 Å². The number of rotatable bonds is 5. The van der Waals surface area contributed by atoms with Crippen molar-refractivity contribution in [2.75, 3.05) is 25.7 Å². The summed E-state index contributed by atoms with van der Waals surface area (Å²) in [4.78, 5) is 23.8. The highest BCUT2D eigenvalue weighted by Gasteiger charge is 2.22. The van der Waals surface area contributed by atoms with Crippen LogP contribution in [0.4, 0.5) is 14.9 Å². The summed E-state index contributed by atoms with van der Waals surface area (Å²) in [5, 5.41) is 11.2. The summed E-state index contributed by atoms with van der Waals surface area (Å²) in [6.45, 7) is -0.155. The van der Waals surface area contributed by atoms with Crippen LogP contribution >= 0.6 is 0 Å². The number of methoxy groups -OCH3 is 1. The molecule has 0 radical (unpaired) electrons. The van der Waals surface area contributed by atoms with Crippen molar-refractivity contribution >= 4 is 17.7 Å². The first-order valence-corrected chi connectivity index (χ1v) is 5.47. The SMILES string of the molecule is COCC(NC(=O)N(C)c1cccc(F)c1)C(=O)O. The van der Waals surface area contributed by atoms with E-state index in [4.69, 9.17) is 9.84 Å². The van der Waals surface area contributed by atoms with Gasteiger partial charge >= 0.3 is 12.0 Å². The fraction of sp³-hybridized carbons (Fsp3) is 0.333. The highest BCUT2D eigenvalue weighted by Crippen LogP contribution is 2.13. The molecule has 0 fully saturated rings. The van der Waals surface area contributed by atoms with Crippen molar-refractivity contribution in [1.82, 2.24) is 5.32 Å². The largest absolute Gasteiger partial charge is 0.480 e. The Morgan fingerprint density at radius 1 is 1.53 bits per heavy atom. The number of aliphatic carboxylic acids is 1. The number of hydrogen-bond donors (Lipinski definition) is 2. The number of nitrogens with zero attached hydrogens (tertiary/aromatic N) is 1. The summed E-state index contributed by atoms with van der Waals surface area (Å²) in [6, 6.07) is 3.60. The Morgan fingerprint density at radius 3 is 2.74 bits per heavy atom. The quantitative estimate of drug-likeness (QED) is 0.839. The van der Waals surface area contributed by atoms with E-state index in [1.165, 1.54) is 38.4 Å². The van der Waals surface area contributed by atoms with Crippen LogP contribution in [-0.2, 0) is 9.53 Å². The van der Waals surface area contributed by atoms with Crippen molar-refractivity contribution in [3.05, 3.63) is 30.1 Å². The van der Waals surface area contributed by atoms with E-state index < -0.39 is 23.9 Å². The Morgan fingerprint density at radius 2 is 2.21 bits per heavy atom. The van der Waals surface area contributed by atoms with E-state index in [1.54, 1.807) is 0 Å². The molecule has 1 atom stereocenters. The van der Waals surface area contributed by atoms with Crippen LogP contribution in [0.3, 0.4) is 0 Å². The highest BCUT2D eigenvalue weighted by molar-refractivity contribution is 5.94. The van der Waals surface area contributed by atoms with Crippen LogP contribution in [0, 0.1) is 5.82 Å². The van der Waals surface area contributed by atoms with Gasteiger partial charge in [-0.25, -0.2) is 14.0 Å².